The standard InChI is InChI=1S/C30H26N2O6/c1-36-28-17-25(13-16-27(28)38-20-22-5-3-2-4-6-22)29(33)32-31-18-21-9-14-26(15-10-21)37-19-23-7-11-24(12-8-23)30(34)35/h2-18H,19-20H2,1H3,(H,32,33)(H,34,35)/b31-18+. The summed E-state index contributed by atoms with van der Waals surface area (Å²) in [6, 6.07) is 28.4. The van der Waals surface area contributed by atoms with Crippen LogP contribution in [-0.4, -0.2) is 30.3 Å². The molecule has 1 amide bonds. The summed E-state index contributed by atoms with van der Waals surface area (Å²) in [5, 5.41) is 13.0. The van der Waals surface area contributed by atoms with E-state index in [1.54, 1.807) is 66.7 Å². The van der Waals surface area contributed by atoms with Crippen molar-refractivity contribution in [3.8, 4) is 17.2 Å². The van der Waals surface area contributed by atoms with Gasteiger partial charge in [-0.1, -0.05) is 42.5 Å². The van der Waals surface area contributed by atoms with Crippen molar-refractivity contribution in [2.45, 2.75) is 13.2 Å². The molecule has 192 valence electrons. The quantitative estimate of drug-likeness (QED) is 0.209. The monoisotopic (exact) mass is 510 g/mol. The number of carboxylic acid groups (broad SMARTS) is 1. The van der Waals surface area contributed by atoms with Crippen molar-refractivity contribution in [1.82, 2.24) is 5.43 Å². The van der Waals surface area contributed by atoms with Gasteiger partial charge in [0.2, 0.25) is 0 Å². The van der Waals surface area contributed by atoms with Crippen LogP contribution in [0.3, 0.4) is 0 Å². The lowest BCUT2D eigenvalue weighted by Gasteiger charge is -2.12. The van der Waals surface area contributed by atoms with E-state index in [4.69, 9.17) is 19.3 Å². The fourth-order valence-corrected chi connectivity index (χ4v) is 3.45. The predicted octanol–water partition coefficient (Wildman–Crippen LogP) is 5.32. The number of nitrogens with one attached hydrogen (secondary N) is 1. The first-order chi connectivity index (χ1) is 18.5. The van der Waals surface area contributed by atoms with E-state index in [0.717, 1.165) is 16.7 Å². The number of aromatic carboxylic acids is 1. The van der Waals surface area contributed by atoms with Crippen molar-refractivity contribution in [1.29, 1.82) is 0 Å². The van der Waals surface area contributed by atoms with Gasteiger partial charge in [0.15, 0.2) is 11.5 Å². The fourth-order valence-electron chi connectivity index (χ4n) is 3.45. The van der Waals surface area contributed by atoms with Crippen LogP contribution in [0.25, 0.3) is 0 Å². The number of carboxylic acids is 1. The van der Waals surface area contributed by atoms with Crippen LogP contribution < -0.4 is 19.6 Å². The highest BCUT2D eigenvalue weighted by Gasteiger charge is 2.11. The highest BCUT2D eigenvalue weighted by Crippen LogP contribution is 2.29. The number of methoxy groups -OCH3 is 1. The SMILES string of the molecule is COc1cc(C(=O)N/N=C/c2ccc(OCc3ccc(C(=O)O)cc3)cc2)ccc1OCc1ccccc1. The van der Waals surface area contributed by atoms with Crippen LogP contribution in [0.2, 0.25) is 0 Å². The molecule has 0 saturated heterocycles. The minimum Gasteiger partial charge on any atom is -0.493 e. The molecule has 8 nitrogen and oxygen atoms in total. The lowest BCUT2D eigenvalue weighted by Crippen LogP contribution is -2.17. The minimum absolute atomic E-state index is 0.230. The number of nitrogens with zero attached hydrogens (tertiary/aromatic N) is 1. The molecule has 4 rings (SSSR count). The van der Waals surface area contributed by atoms with Gasteiger partial charge < -0.3 is 19.3 Å². The third-order valence-corrected chi connectivity index (χ3v) is 5.53. The Morgan fingerprint density at radius 2 is 1.45 bits per heavy atom. The smallest absolute Gasteiger partial charge is 0.335 e. The van der Waals surface area contributed by atoms with Crippen LogP contribution in [0.4, 0.5) is 0 Å². The number of rotatable bonds is 11. The number of carbonyl (C=O) groups is 2. The number of hydrogen-bond acceptors (Lipinski definition) is 6. The van der Waals surface area contributed by atoms with Crippen molar-refractivity contribution >= 4 is 18.1 Å². The van der Waals surface area contributed by atoms with Crippen LogP contribution in [0.15, 0.2) is 102 Å². The molecule has 0 aliphatic carbocycles. The summed E-state index contributed by atoms with van der Waals surface area (Å²) in [6.45, 7) is 0.694. The average Bonchev–Trinajstić information content (AvgIpc) is 2.96. The summed E-state index contributed by atoms with van der Waals surface area (Å²) in [5.41, 5.74) is 5.77. The Morgan fingerprint density at radius 1 is 0.789 bits per heavy atom. The first-order valence-electron chi connectivity index (χ1n) is 11.7. The summed E-state index contributed by atoms with van der Waals surface area (Å²) >= 11 is 0. The normalized spacial score (nSPS) is 10.7. The molecule has 0 atom stereocenters. The van der Waals surface area contributed by atoms with Gasteiger partial charge in [-0.05, 0) is 71.3 Å². The van der Waals surface area contributed by atoms with Crippen molar-refractivity contribution in [3.63, 3.8) is 0 Å². The van der Waals surface area contributed by atoms with Gasteiger partial charge in [0.1, 0.15) is 19.0 Å². The second-order valence-corrected chi connectivity index (χ2v) is 8.20. The molecule has 0 aliphatic heterocycles. The third-order valence-electron chi connectivity index (χ3n) is 5.53. The van der Waals surface area contributed by atoms with E-state index in [1.165, 1.54) is 13.3 Å². The van der Waals surface area contributed by atoms with Crippen LogP contribution in [0, 0.1) is 0 Å². The molecule has 0 aromatic heterocycles. The second kappa shape index (κ2) is 12.7. The molecule has 0 spiro atoms. The molecule has 0 aliphatic rings. The van der Waals surface area contributed by atoms with Crippen molar-refractivity contribution < 1.29 is 28.9 Å². The molecule has 0 heterocycles. The highest BCUT2D eigenvalue weighted by molar-refractivity contribution is 5.95. The Labute approximate surface area is 220 Å². The van der Waals surface area contributed by atoms with E-state index < -0.39 is 5.97 Å². The van der Waals surface area contributed by atoms with Crippen LogP contribution in [-0.2, 0) is 13.2 Å². The van der Waals surface area contributed by atoms with Crippen LogP contribution in [0.5, 0.6) is 17.2 Å². The topological polar surface area (TPSA) is 106 Å². The molecule has 0 fully saturated rings. The molecule has 0 radical (unpaired) electrons. The maximum atomic E-state index is 12.6. The van der Waals surface area contributed by atoms with Crippen molar-refractivity contribution in [2.24, 2.45) is 5.10 Å². The zero-order chi connectivity index (χ0) is 26.7. The maximum absolute atomic E-state index is 12.6. The number of benzene rings is 4. The predicted molar refractivity (Wildman–Crippen MR) is 143 cm³/mol. The molecule has 2 N–H and O–H groups in total. The molecule has 0 bridgehead atoms. The van der Waals surface area contributed by atoms with Gasteiger partial charge in [-0.15, -0.1) is 0 Å². The number of ether oxygens (including phenoxy) is 3. The molecular formula is C30H26N2O6. The van der Waals surface area contributed by atoms with Gasteiger partial charge in [0, 0.05) is 5.56 Å². The van der Waals surface area contributed by atoms with Gasteiger partial charge >= 0.3 is 5.97 Å². The molecule has 38 heavy (non-hydrogen) atoms. The highest BCUT2D eigenvalue weighted by atomic mass is 16.5. The maximum Gasteiger partial charge on any atom is 0.335 e. The summed E-state index contributed by atoms with van der Waals surface area (Å²) in [7, 11) is 1.52. The average molecular weight is 511 g/mol. The zero-order valence-electron chi connectivity index (χ0n) is 20.7. The Bertz CT molecular complexity index is 1400. The van der Waals surface area contributed by atoms with Crippen LogP contribution in [0.1, 0.15) is 37.4 Å². The van der Waals surface area contributed by atoms with Gasteiger partial charge in [-0.2, -0.15) is 5.10 Å². The lowest BCUT2D eigenvalue weighted by molar-refractivity contribution is 0.0696. The first kappa shape index (κ1) is 26.0. The number of hydrogen-bond donors (Lipinski definition) is 2. The summed E-state index contributed by atoms with van der Waals surface area (Å²) < 4.78 is 17.0. The Hall–Kier alpha value is -5.11. The largest absolute Gasteiger partial charge is 0.493 e. The minimum atomic E-state index is -0.965. The lowest BCUT2D eigenvalue weighted by atomic mass is 10.1. The fraction of sp³-hybridized carbons (Fsp3) is 0.100. The first-order valence-corrected chi connectivity index (χ1v) is 11.7. The van der Waals surface area contributed by atoms with E-state index >= 15 is 0 Å². The van der Waals surface area contributed by atoms with Gasteiger partial charge in [0.25, 0.3) is 5.91 Å². The zero-order valence-corrected chi connectivity index (χ0v) is 20.7. The molecule has 8 heteroatoms. The molecule has 0 saturated carbocycles. The molecular weight excluding hydrogens is 484 g/mol. The third kappa shape index (κ3) is 7.20. The van der Waals surface area contributed by atoms with Gasteiger partial charge in [-0.3, -0.25) is 4.79 Å². The number of amides is 1. The molecule has 4 aromatic rings. The summed E-state index contributed by atoms with van der Waals surface area (Å²) in [6.07, 6.45) is 1.53. The molecule has 0 unspecified atom stereocenters. The van der Waals surface area contributed by atoms with Gasteiger partial charge in [-0.25, -0.2) is 10.2 Å². The van der Waals surface area contributed by atoms with E-state index in [2.05, 4.69) is 10.5 Å². The van der Waals surface area contributed by atoms with E-state index in [-0.39, 0.29) is 11.5 Å². The summed E-state index contributed by atoms with van der Waals surface area (Å²) in [5.74, 6) is 0.285. The van der Waals surface area contributed by atoms with Crippen molar-refractivity contribution in [3.05, 3.63) is 125 Å². The molecule has 4 aromatic carbocycles. The number of carbonyl (C=O) groups excluding carboxylic acids is 1. The van der Waals surface area contributed by atoms with E-state index in [9.17, 15) is 9.59 Å². The van der Waals surface area contributed by atoms with E-state index in [1.807, 2.05) is 30.3 Å². The van der Waals surface area contributed by atoms with Crippen LogP contribution >= 0.6 is 0 Å². The second-order valence-electron chi connectivity index (χ2n) is 8.20. The van der Waals surface area contributed by atoms with Crippen molar-refractivity contribution in [2.75, 3.05) is 7.11 Å². The number of hydrazone groups is 1. The Balaban J connectivity index is 1.28. The van der Waals surface area contributed by atoms with E-state index in [0.29, 0.717) is 36.0 Å². The summed E-state index contributed by atoms with van der Waals surface area (Å²) in [4.78, 5) is 23.5. The van der Waals surface area contributed by atoms with Gasteiger partial charge in [0.05, 0.1) is 18.9 Å². The Morgan fingerprint density at radius 3 is 2.13 bits per heavy atom. The Kier molecular flexibility index (Phi) is 8.70.